The van der Waals surface area contributed by atoms with Crippen LogP contribution in [0.1, 0.15) is 41.6 Å². The molecule has 0 aromatic heterocycles. The second-order valence-electron chi connectivity index (χ2n) is 7.66. The molecule has 0 bridgehead atoms. The summed E-state index contributed by atoms with van der Waals surface area (Å²) in [5, 5.41) is 9.39. The first-order chi connectivity index (χ1) is 13.4. The Labute approximate surface area is 168 Å². The van der Waals surface area contributed by atoms with Crippen LogP contribution in [-0.2, 0) is 4.79 Å². The first-order valence-electron chi connectivity index (χ1n) is 9.89. The summed E-state index contributed by atoms with van der Waals surface area (Å²) in [5.74, 6) is 0.732. The summed E-state index contributed by atoms with van der Waals surface area (Å²) in [6.07, 6.45) is 3.97. The Bertz CT molecular complexity index is 709. The van der Waals surface area contributed by atoms with Gasteiger partial charge in [-0.2, -0.15) is 0 Å². The molecular formula is C21H33N5O2. The zero-order chi connectivity index (χ0) is 20.6. The molecular weight excluding hydrogens is 354 g/mol. The summed E-state index contributed by atoms with van der Waals surface area (Å²) in [6, 6.07) is 7.51. The number of carbonyl (C=O) groups excluding carboxylic acids is 2. The lowest BCUT2D eigenvalue weighted by Gasteiger charge is -2.31. The van der Waals surface area contributed by atoms with E-state index in [2.05, 4.69) is 20.9 Å². The highest BCUT2D eigenvalue weighted by atomic mass is 16.2. The van der Waals surface area contributed by atoms with Gasteiger partial charge in [0.2, 0.25) is 5.91 Å². The molecule has 1 aromatic rings. The molecule has 0 heterocycles. The van der Waals surface area contributed by atoms with Crippen molar-refractivity contribution in [2.24, 2.45) is 10.4 Å². The van der Waals surface area contributed by atoms with Gasteiger partial charge in [0.05, 0.1) is 5.41 Å². The molecule has 2 rings (SSSR count). The molecule has 1 saturated carbocycles. The van der Waals surface area contributed by atoms with E-state index in [1.54, 1.807) is 18.0 Å². The van der Waals surface area contributed by atoms with Crippen LogP contribution in [0.3, 0.4) is 0 Å². The summed E-state index contributed by atoms with van der Waals surface area (Å²) in [7, 11) is 5.33. The Balaban J connectivity index is 1.78. The fraction of sp³-hybridized carbons (Fsp3) is 0.571. The number of hydrogen-bond acceptors (Lipinski definition) is 3. The number of amides is 2. The van der Waals surface area contributed by atoms with Gasteiger partial charge in [0, 0.05) is 46.3 Å². The van der Waals surface area contributed by atoms with Crippen LogP contribution in [0.25, 0.3) is 0 Å². The van der Waals surface area contributed by atoms with Crippen molar-refractivity contribution >= 4 is 17.8 Å². The van der Waals surface area contributed by atoms with Crippen LogP contribution in [0, 0.1) is 12.3 Å². The average Bonchev–Trinajstić information content (AvgIpc) is 3.16. The molecule has 7 nitrogen and oxygen atoms in total. The van der Waals surface area contributed by atoms with Gasteiger partial charge in [0.25, 0.3) is 5.91 Å². The summed E-state index contributed by atoms with van der Waals surface area (Å²) in [6.45, 7) is 3.56. The summed E-state index contributed by atoms with van der Waals surface area (Å²) in [5.41, 5.74) is 1.37. The molecule has 0 radical (unpaired) electrons. The maximum absolute atomic E-state index is 12.6. The third-order valence-corrected chi connectivity index (χ3v) is 5.22. The van der Waals surface area contributed by atoms with Crippen LogP contribution >= 0.6 is 0 Å². The maximum atomic E-state index is 12.6. The SMILES string of the molecule is CN=C(NCCNC(=O)c1cccc(C)c1)NCC1(C(=O)N(C)C)CCCC1. The van der Waals surface area contributed by atoms with Gasteiger partial charge in [-0.15, -0.1) is 0 Å². The zero-order valence-electron chi connectivity index (χ0n) is 17.5. The summed E-state index contributed by atoms with van der Waals surface area (Å²) >= 11 is 0. The molecule has 1 aliphatic rings. The van der Waals surface area contributed by atoms with E-state index in [0.717, 1.165) is 31.2 Å². The van der Waals surface area contributed by atoms with Gasteiger partial charge in [-0.3, -0.25) is 14.6 Å². The Hall–Kier alpha value is -2.57. The molecule has 2 amide bonds. The second-order valence-corrected chi connectivity index (χ2v) is 7.66. The largest absolute Gasteiger partial charge is 0.355 e. The first-order valence-corrected chi connectivity index (χ1v) is 9.89. The smallest absolute Gasteiger partial charge is 0.251 e. The minimum absolute atomic E-state index is 0.0880. The highest BCUT2D eigenvalue weighted by molar-refractivity contribution is 5.94. The number of aryl methyl sites for hydroxylation is 1. The number of benzene rings is 1. The normalized spacial score (nSPS) is 15.8. The number of guanidine groups is 1. The van der Waals surface area contributed by atoms with Crippen molar-refractivity contribution in [2.75, 3.05) is 40.8 Å². The van der Waals surface area contributed by atoms with Crippen LogP contribution in [0.5, 0.6) is 0 Å². The number of carbonyl (C=O) groups is 2. The van der Waals surface area contributed by atoms with E-state index in [0.29, 0.717) is 31.2 Å². The fourth-order valence-electron chi connectivity index (χ4n) is 3.71. The van der Waals surface area contributed by atoms with Crippen molar-refractivity contribution in [1.82, 2.24) is 20.9 Å². The molecule has 0 aliphatic heterocycles. The van der Waals surface area contributed by atoms with Crippen molar-refractivity contribution in [3.63, 3.8) is 0 Å². The first kappa shape index (κ1) is 21.7. The third-order valence-electron chi connectivity index (χ3n) is 5.22. The van der Waals surface area contributed by atoms with Crippen LogP contribution < -0.4 is 16.0 Å². The number of nitrogens with zero attached hydrogens (tertiary/aromatic N) is 2. The third kappa shape index (κ3) is 5.71. The Morgan fingerprint density at radius 1 is 1.11 bits per heavy atom. The monoisotopic (exact) mass is 387 g/mol. The van der Waals surface area contributed by atoms with E-state index in [4.69, 9.17) is 0 Å². The molecule has 154 valence electrons. The quantitative estimate of drug-likeness (QED) is 0.376. The lowest BCUT2D eigenvalue weighted by Crippen LogP contribution is -2.50. The lowest BCUT2D eigenvalue weighted by molar-refractivity contribution is -0.138. The molecule has 1 aliphatic carbocycles. The minimum Gasteiger partial charge on any atom is -0.355 e. The molecule has 0 unspecified atom stereocenters. The van der Waals surface area contributed by atoms with E-state index >= 15 is 0 Å². The van der Waals surface area contributed by atoms with Crippen molar-refractivity contribution in [2.45, 2.75) is 32.6 Å². The Kier molecular flexibility index (Phi) is 7.84. The molecule has 28 heavy (non-hydrogen) atoms. The van der Waals surface area contributed by atoms with Crippen LogP contribution in [0.2, 0.25) is 0 Å². The predicted molar refractivity (Wildman–Crippen MR) is 112 cm³/mol. The molecule has 1 aromatic carbocycles. The molecule has 0 spiro atoms. The van der Waals surface area contributed by atoms with Gasteiger partial charge >= 0.3 is 0 Å². The minimum atomic E-state index is -0.347. The van der Waals surface area contributed by atoms with E-state index in [1.807, 2.05) is 39.2 Å². The van der Waals surface area contributed by atoms with Crippen molar-refractivity contribution in [1.29, 1.82) is 0 Å². The summed E-state index contributed by atoms with van der Waals surface area (Å²) < 4.78 is 0. The van der Waals surface area contributed by atoms with E-state index in [1.165, 1.54) is 0 Å². The maximum Gasteiger partial charge on any atom is 0.251 e. The highest BCUT2D eigenvalue weighted by Gasteiger charge is 2.42. The number of rotatable bonds is 7. The van der Waals surface area contributed by atoms with E-state index < -0.39 is 0 Å². The Morgan fingerprint density at radius 2 is 1.79 bits per heavy atom. The van der Waals surface area contributed by atoms with Gasteiger partial charge in [-0.25, -0.2) is 0 Å². The zero-order valence-corrected chi connectivity index (χ0v) is 17.5. The van der Waals surface area contributed by atoms with Crippen LogP contribution in [-0.4, -0.2) is 63.5 Å². The van der Waals surface area contributed by atoms with Crippen molar-refractivity contribution in [3.8, 4) is 0 Å². The summed E-state index contributed by atoms with van der Waals surface area (Å²) in [4.78, 5) is 30.7. The topological polar surface area (TPSA) is 85.8 Å². The Morgan fingerprint density at radius 3 is 2.39 bits per heavy atom. The van der Waals surface area contributed by atoms with Crippen molar-refractivity contribution < 1.29 is 9.59 Å². The van der Waals surface area contributed by atoms with Gasteiger partial charge in [-0.1, -0.05) is 30.5 Å². The van der Waals surface area contributed by atoms with Crippen LogP contribution in [0.4, 0.5) is 0 Å². The van der Waals surface area contributed by atoms with Gasteiger partial charge in [0.1, 0.15) is 0 Å². The number of hydrogen-bond donors (Lipinski definition) is 3. The average molecular weight is 388 g/mol. The van der Waals surface area contributed by atoms with Crippen LogP contribution in [0.15, 0.2) is 29.3 Å². The standard InChI is InChI=1S/C21H33N5O2/c1-16-8-7-9-17(14-16)18(27)23-12-13-24-20(22-2)25-15-21(10-5-6-11-21)19(28)26(3)4/h7-9,14H,5-6,10-13,15H2,1-4H3,(H,23,27)(H2,22,24,25). The lowest BCUT2D eigenvalue weighted by atomic mass is 9.84. The second kappa shape index (κ2) is 10.1. The van der Waals surface area contributed by atoms with E-state index in [9.17, 15) is 9.59 Å². The number of aliphatic imine (C=N–C) groups is 1. The van der Waals surface area contributed by atoms with Gasteiger partial charge < -0.3 is 20.9 Å². The predicted octanol–water partition coefficient (Wildman–Crippen LogP) is 1.54. The molecule has 7 heteroatoms. The van der Waals surface area contributed by atoms with Crippen molar-refractivity contribution in [3.05, 3.63) is 35.4 Å². The number of nitrogens with one attached hydrogen (secondary N) is 3. The molecule has 1 fully saturated rings. The van der Waals surface area contributed by atoms with Gasteiger partial charge in [-0.05, 0) is 31.9 Å². The highest BCUT2D eigenvalue weighted by Crippen LogP contribution is 2.38. The molecule has 0 saturated heterocycles. The van der Waals surface area contributed by atoms with Gasteiger partial charge in [0.15, 0.2) is 5.96 Å². The molecule has 0 atom stereocenters. The molecule has 3 N–H and O–H groups in total. The van der Waals surface area contributed by atoms with E-state index in [-0.39, 0.29) is 17.2 Å². The fourth-order valence-corrected chi connectivity index (χ4v) is 3.71.